The molecule has 6 heteroatoms. The van der Waals surface area contributed by atoms with Crippen LogP contribution in [0.5, 0.6) is 0 Å². The van der Waals surface area contributed by atoms with Crippen LogP contribution in [-0.2, 0) is 13.0 Å². The molecule has 0 fully saturated rings. The standard InChI is InChI=1S/C17H17N5O/c18-14-8-6-13(7-9-14)17(23)19-11-16-20-15(21-22-16)10-12-4-2-1-3-5-12/h1-9H,10-11,18H2,(H,19,23)(H,20,21,22). The van der Waals surface area contributed by atoms with Crippen LogP contribution >= 0.6 is 0 Å². The van der Waals surface area contributed by atoms with Gasteiger partial charge in [-0.2, -0.15) is 5.10 Å². The molecule has 4 N–H and O–H groups in total. The molecule has 0 unspecified atom stereocenters. The van der Waals surface area contributed by atoms with Crippen molar-refractivity contribution in [3.05, 3.63) is 77.4 Å². The summed E-state index contributed by atoms with van der Waals surface area (Å²) in [7, 11) is 0. The number of hydrogen-bond donors (Lipinski definition) is 3. The summed E-state index contributed by atoms with van der Waals surface area (Å²) in [4.78, 5) is 16.4. The number of H-pyrrole nitrogens is 1. The Labute approximate surface area is 133 Å². The van der Waals surface area contributed by atoms with Gasteiger partial charge in [-0.05, 0) is 29.8 Å². The number of nitrogens with one attached hydrogen (secondary N) is 2. The molecule has 0 aliphatic carbocycles. The van der Waals surface area contributed by atoms with E-state index in [0.29, 0.717) is 35.9 Å². The quantitative estimate of drug-likeness (QED) is 0.627. The van der Waals surface area contributed by atoms with Gasteiger partial charge in [-0.25, -0.2) is 4.98 Å². The Morgan fingerprint density at radius 2 is 1.83 bits per heavy atom. The number of nitrogens with zero attached hydrogens (tertiary/aromatic N) is 2. The van der Waals surface area contributed by atoms with E-state index in [-0.39, 0.29) is 5.91 Å². The zero-order valence-corrected chi connectivity index (χ0v) is 12.5. The average molecular weight is 307 g/mol. The largest absolute Gasteiger partial charge is 0.399 e. The number of anilines is 1. The van der Waals surface area contributed by atoms with Crippen LogP contribution in [0.4, 0.5) is 5.69 Å². The summed E-state index contributed by atoms with van der Waals surface area (Å²) in [5, 5.41) is 9.81. The number of amides is 1. The Morgan fingerprint density at radius 3 is 2.57 bits per heavy atom. The summed E-state index contributed by atoms with van der Waals surface area (Å²) in [6.07, 6.45) is 0.656. The van der Waals surface area contributed by atoms with Crippen LogP contribution in [0.25, 0.3) is 0 Å². The molecule has 0 atom stereocenters. The van der Waals surface area contributed by atoms with E-state index in [0.717, 1.165) is 5.56 Å². The Bertz CT molecular complexity index is 780. The highest BCUT2D eigenvalue weighted by Gasteiger charge is 2.08. The second-order valence-corrected chi connectivity index (χ2v) is 5.17. The third-order valence-corrected chi connectivity index (χ3v) is 3.37. The highest BCUT2D eigenvalue weighted by Crippen LogP contribution is 2.07. The van der Waals surface area contributed by atoms with Gasteiger partial charge < -0.3 is 11.1 Å². The Kier molecular flexibility index (Phi) is 4.33. The minimum absolute atomic E-state index is 0.175. The van der Waals surface area contributed by atoms with Crippen molar-refractivity contribution in [3.63, 3.8) is 0 Å². The van der Waals surface area contributed by atoms with E-state index in [9.17, 15) is 4.79 Å². The van der Waals surface area contributed by atoms with Crippen LogP contribution < -0.4 is 11.1 Å². The van der Waals surface area contributed by atoms with Crippen LogP contribution in [-0.4, -0.2) is 21.1 Å². The van der Waals surface area contributed by atoms with E-state index in [1.807, 2.05) is 30.3 Å². The van der Waals surface area contributed by atoms with Crippen LogP contribution in [0.15, 0.2) is 54.6 Å². The van der Waals surface area contributed by atoms with Crippen LogP contribution in [0.1, 0.15) is 27.6 Å². The van der Waals surface area contributed by atoms with E-state index in [2.05, 4.69) is 20.5 Å². The van der Waals surface area contributed by atoms with E-state index in [4.69, 9.17) is 5.73 Å². The van der Waals surface area contributed by atoms with E-state index < -0.39 is 0 Å². The first-order chi connectivity index (χ1) is 11.2. The van der Waals surface area contributed by atoms with Crippen molar-refractivity contribution in [2.24, 2.45) is 0 Å². The molecule has 0 spiro atoms. The smallest absolute Gasteiger partial charge is 0.251 e. The van der Waals surface area contributed by atoms with Gasteiger partial charge in [0.15, 0.2) is 5.82 Å². The van der Waals surface area contributed by atoms with Crippen molar-refractivity contribution in [2.45, 2.75) is 13.0 Å². The van der Waals surface area contributed by atoms with E-state index >= 15 is 0 Å². The summed E-state index contributed by atoms with van der Waals surface area (Å²) < 4.78 is 0. The van der Waals surface area contributed by atoms with Crippen molar-refractivity contribution in [3.8, 4) is 0 Å². The molecular weight excluding hydrogens is 290 g/mol. The number of rotatable bonds is 5. The Morgan fingerprint density at radius 1 is 1.09 bits per heavy atom. The van der Waals surface area contributed by atoms with Crippen LogP contribution in [0.2, 0.25) is 0 Å². The SMILES string of the molecule is Nc1ccc(C(=O)NCc2nc(Cc3ccccc3)n[nH]2)cc1. The molecule has 6 nitrogen and oxygen atoms in total. The van der Waals surface area contributed by atoms with Gasteiger partial charge in [-0.15, -0.1) is 0 Å². The molecule has 0 saturated heterocycles. The number of carbonyl (C=O) groups excluding carboxylic acids is 1. The normalized spacial score (nSPS) is 10.4. The second kappa shape index (κ2) is 6.74. The van der Waals surface area contributed by atoms with Gasteiger partial charge in [-0.3, -0.25) is 9.89 Å². The van der Waals surface area contributed by atoms with Crippen molar-refractivity contribution >= 4 is 11.6 Å². The number of benzene rings is 2. The molecule has 1 aromatic heterocycles. The number of hydrogen-bond acceptors (Lipinski definition) is 4. The lowest BCUT2D eigenvalue weighted by Crippen LogP contribution is -2.23. The van der Waals surface area contributed by atoms with Gasteiger partial charge in [0.05, 0.1) is 6.54 Å². The number of carbonyl (C=O) groups is 1. The highest BCUT2D eigenvalue weighted by molar-refractivity contribution is 5.94. The monoisotopic (exact) mass is 307 g/mol. The highest BCUT2D eigenvalue weighted by atomic mass is 16.1. The summed E-state index contributed by atoms with van der Waals surface area (Å²) in [6, 6.07) is 16.8. The molecule has 116 valence electrons. The molecule has 0 aliphatic heterocycles. The van der Waals surface area contributed by atoms with E-state index in [1.165, 1.54) is 0 Å². The molecule has 3 aromatic rings. The fourth-order valence-electron chi connectivity index (χ4n) is 2.17. The lowest BCUT2D eigenvalue weighted by molar-refractivity contribution is 0.0950. The van der Waals surface area contributed by atoms with E-state index in [1.54, 1.807) is 24.3 Å². The Balaban J connectivity index is 1.57. The maximum absolute atomic E-state index is 12.0. The zero-order chi connectivity index (χ0) is 16.1. The average Bonchev–Trinajstić information content (AvgIpc) is 3.02. The first-order valence-electron chi connectivity index (χ1n) is 7.28. The number of aromatic nitrogens is 3. The topological polar surface area (TPSA) is 96.7 Å². The fraction of sp³-hybridized carbons (Fsp3) is 0.118. The minimum atomic E-state index is -0.175. The van der Waals surface area contributed by atoms with Crippen LogP contribution in [0, 0.1) is 0 Å². The van der Waals surface area contributed by atoms with Crippen molar-refractivity contribution in [1.29, 1.82) is 0 Å². The maximum Gasteiger partial charge on any atom is 0.251 e. The summed E-state index contributed by atoms with van der Waals surface area (Å²) in [5.74, 6) is 1.15. The third kappa shape index (κ3) is 3.94. The van der Waals surface area contributed by atoms with Crippen molar-refractivity contribution in [1.82, 2.24) is 20.5 Å². The third-order valence-electron chi connectivity index (χ3n) is 3.37. The zero-order valence-electron chi connectivity index (χ0n) is 12.5. The van der Waals surface area contributed by atoms with Crippen molar-refractivity contribution < 1.29 is 4.79 Å². The number of nitrogen functional groups attached to an aromatic ring is 1. The molecule has 0 aliphatic rings. The van der Waals surface area contributed by atoms with Gasteiger partial charge in [0, 0.05) is 17.7 Å². The maximum atomic E-state index is 12.0. The Hall–Kier alpha value is -3.15. The predicted octanol–water partition coefficient (Wildman–Crippen LogP) is 1.91. The lowest BCUT2D eigenvalue weighted by atomic mass is 10.1. The van der Waals surface area contributed by atoms with Gasteiger partial charge in [-0.1, -0.05) is 30.3 Å². The number of aromatic amines is 1. The van der Waals surface area contributed by atoms with Gasteiger partial charge in [0.25, 0.3) is 5.91 Å². The summed E-state index contributed by atoms with van der Waals surface area (Å²) >= 11 is 0. The predicted molar refractivity (Wildman–Crippen MR) is 87.7 cm³/mol. The summed E-state index contributed by atoms with van der Waals surface area (Å²) in [6.45, 7) is 0.297. The number of nitrogens with two attached hydrogens (primary N) is 1. The van der Waals surface area contributed by atoms with Crippen molar-refractivity contribution in [2.75, 3.05) is 5.73 Å². The molecular formula is C17H17N5O. The van der Waals surface area contributed by atoms with Gasteiger partial charge in [0.1, 0.15) is 5.82 Å². The second-order valence-electron chi connectivity index (χ2n) is 5.17. The molecule has 0 bridgehead atoms. The molecule has 2 aromatic carbocycles. The first kappa shape index (κ1) is 14.8. The fourth-order valence-corrected chi connectivity index (χ4v) is 2.17. The molecule has 23 heavy (non-hydrogen) atoms. The molecule has 0 radical (unpaired) electrons. The van der Waals surface area contributed by atoms with Gasteiger partial charge >= 0.3 is 0 Å². The molecule has 1 heterocycles. The minimum Gasteiger partial charge on any atom is -0.399 e. The summed E-state index contributed by atoms with van der Waals surface area (Å²) in [5.41, 5.74) is 7.93. The van der Waals surface area contributed by atoms with Gasteiger partial charge in [0.2, 0.25) is 0 Å². The molecule has 0 saturated carbocycles. The molecule has 1 amide bonds. The first-order valence-corrected chi connectivity index (χ1v) is 7.28. The lowest BCUT2D eigenvalue weighted by Gasteiger charge is -2.03. The van der Waals surface area contributed by atoms with Crippen LogP contribution in [0.3, 0.4) is 0 Å². The molecule has 3 rings (SSSR count).